The second kappa shape index (κ2) is 3.37. The average molecular weight is 182 g/mol. The van der Waals surface area contributed by atoms with Crippen molar-refractivity contribution in [2.24, 2.45) is 11.8 Å². The van der Waals surface area contributed by atoms with Crippen molar-refractivity contribution in [2.45, 2.75) is 46.3 Å². The summed E-state index contributed by atoms with van der Waals surface area (Å²) in [6.45, 7) is 12.0. The van der Waals surface area contributed by atoms with Crippen molar-refractivity contribution in [2.75, 3.05) is 0 Å². The molecule has 0 aromatic carbocycles. The average Bonchev–Trinajstić information content (AvgIpc) is 2.07. The lowest BCUT2D eigenvalue weighted by molar-refractivity contribution is 0.457. The Kier molecular flexibility index (Phi) is 2.82. The van der Waals surface area contributed by atoms with Crippen molar-refractivity contribution >= 4 is 8.07 Å². The second-order valence-corrected chi connectivity index (χ2v) is 10.6. The SMILES string of the molecule is CC1CC(=C[Si](C)(C)C)CC1C. The number of rotatable bonds is 1. The number of hydrogen-bond donors (Lipinski definition) is 0. The Balaban J connectivity index is 2.63. The van der Waals surface area contributed by atoms with Gasteiger partial charge in [0.1, 0.15) is 0 Å². The maximum atomic E-state index is 2.60. The predicted octanol–water partition coefficient (Wildman–Crippen LogP) is 3.86. The van der Waals surface area contributed by atoms with E-state index >= 15 is 0 Å². The van der Waals surface area contributed by atoms with Gasteiger partial charge in [-0.3, -0.25) is 0 Å². The van der Waals surface area contributed by atoms with E-state index in [0.717, 1.165) is 11.8 Å². The Morgan fingerprint density at radius 3 is 1.83 bits per heavy atom. The highest BCUT2D eigenvalue weighted by molar-refractivity contribution is 6.81. The summed E-state index contributed by atoms with van der Waals surface area (Å²) in [6.07, 6.45) is 2.73. The summed E-state index contributed by atoms with van der Waals surface area (Å²) in [4.78, 5) is 0. The highest BCUT2D eigenvalue weighted by Gasteiger charge is 2.24. The molecular weight excluding hydrogens is 160 g/mol. The molecule has 0 aliphatic heterocycles. The van der Waals surface area contributed by atoms with Crippen molar-refractivity contribution < 1.29 is 0 Å². The first-order chi connectivity index (χ1) is 5.38. The van der Waals surface area contributed by atoms with E-state index in [0.29, 0.717) is 0 Å². The highest BCUT2D eigenvalue weighted by Crippen LogP contribution is 2.35. The van der Waals surface area contributed by atoms with Crippen LogP contribution in [0.15, 0.2) is 11.3 Å². The summed E-state index contributed by atoms with van der Waals surface area (Å²) >= 11 is 0. The van der Waals surface area contributed by atoms with Crippen LogP contribution < -0.4 is 0 Å². The molecule has 2 atom stereocenters. The van der Waals surface area contributed by atoms with Crippen molar-refractivity contribution in [3.05, 3.63) is 11.3 Å². The molecule has 1 rings (SSSR count). The Labute approximate surface area is 78.1 Å². The maximum Gasteiger partial charge on any atom is 0.0686 e. The topological polar surface area (TPSA) is 0 Å². The quantitative estimate of drug-likeness (QED) is 0.540. The molecule has 0 spiro atoms. The van der Waals surface area contributed by atoms with E-state index < -0.39 is 8.07 Å². The third-order valence-electron chi connectivity index (χ3n) is 2.78. The minimum Gasteiger partial charge on any atom is -0.0958 e. The van der Waals surface area contributed by atoms with E-state index in [-0.39, 0.29) is 0 Å². The van der Waals surface area contributed by atoms with Crippen molar-refractivity contribution in [3.8, 4) is 0 Å². The molecule has 1 aliphatic rings. The van der Waals surface area contributed by atoms with Gasteiger partial charge in [0, 0.05) is 0 Å². The molecule has 0 aromatic heterocycles. The fraction of sp³-hybridized carbons (Fsp3) is 0.818. The molecule has 0 aromatic rings. The second-order valence-electron chi connectivity index (χ2n) is 5.53. The minimum absolute atomic E-state index is 0.924. The molecule has 1 aliphatic carbocycles. The van der Waals surface area contributed by atoms with Crippen LogP contribution in [-0.4, -0.2) is 8.07 Å². The van der Waals surface area contributed by atoms with E-state index in [9.17, 15) is 0 Å². The molecule has 0 heterocycles. The molecule has 0 radical (unpaired) electrons. The maximum absolute atomic E-state index is 2.60. The summed E-state index contributed by atoms with van der Waals surface area (Å²) in [7, 11) is -0.943. The Morgan fingerprint density at radius 2 is 1.50 bits per heavy atom. The van der Waals surface area contributed by atoms with Gasteiger partial charge < -0.3 is 0 Å². The molecule has 0 N–H and O–H groups in total. The highest BCUT2D eigenvalue weighted by atomic mass is 28.3. The monoisotopic (exact) mass is 182 g/mol. The van der Waals surface area contributed by atoms with Crippen LogP contribution in [-0.2, 0) is 0 Å². The Morgan fingerprint density at radius 1 is 1.08 bits per heavy atom. The molecule has 2 unspecified atom stereocenters. The summed E-state index contributed by atoms with van der Waals surface area (Å²) in [5.41, 5.74) is 4.35. The Bertz CT molecular complexity index is 174. The van der Waals surface area contributed by atoms with Crippen LogP contribution in [0.5, 0.6) is 0 Å². The first-order valence-electron chi connectivity index (χ1n) is 5.09. The zero-order chi connectivity index (χ0) is 9.35. The lowest BCUT2D eigenvalue weighted by Gasteiger charge is -2.10. The van der Waals surface area contributed by atoms with E-state index in [1.54, 1.807) is 5.57 Å². The summed E-state index contributed by atoms with van der Waals surface area (Å²) in [5, 5.41) is 0. The van der Waals surface area contributed by atoms with Crippen molar-refractivity contribution in [1.82, 2.24) is 0 Å². The zero-order valence-electron chi connectivity index (χ0n) is 9.15. The van der Waals surface area contributed by atoms with E-state index in [4.69, 9.17) is 0 Å². The van der Waals surface area contributed by atoms with Gasteiger partial charge in [-0.05, 0) is 24.7 Å². The molecule has 0 nitrogen and oxygen atoms in total. The largest absolute Gasteiger partial charge is 0.0958 e. The van der Waals surface area contributed by atoms with Crippen LogP contribution in [0.2, 0.25) is 19.6 Å². The summed E-state index contributed by atoms with van der Waals surface area (Å²) in [6, 6.07) is 0. The van der Waals surface area contributed by atoms with Crippen LogP contribution in [0.25, 0.3) is 0 Å². The molecule has 1 fully saturated rings. The van der Waals surface area contributed by atoms with Gasteiger partial charge in [0.25, 0.3) is 0 Å². The predicted molar refractivity (Wildman–Crippen MR) is 59.0 cm³/mol. The Hall–Kier alpha value is -0.0431. The number of allylic oxidation sites excluding steroid dienone is 1. The normalized spacial score (nSPS) is 30.9. The lowest BCUT2D eigenvalue weighted by Crippen LogP contribution is -2.16. The van der Waals surface area contributed by atoms with Crippen LogP contribution in [0.4, 0.5) is 0 Å². The molecule has 12 heavy (non-hydrogen) atoms. The van der Waals surface area contributed by atoms with Crippen molar-refractivity contribution in [3.63, 3.8) is 0 Å². The van der Waals surface area contributed by atoms with Gasteiger partial charge in [-0.2, -0.15) is 0 Å². The van der Waals surface area contributed by atoms with Gasteiger partial charge in [-0.15, -0.1) is 0 Å². The van der Waals surface area contributed by atoms with E-state index in [2.05, 4.69) is 39.2 Å². The van der Waals surface area contributed by atoms with Gasteiger partial charge in [-0.1, -0.05) is 44.8 Å². The third kappa shape index (κ3) is 2.78. The zero-order valence-corrected chi connectivity index (χ0v) is 10.1. The van der Waals surface area contributed by atoms with Crippen molar-refractivity contribution in [1.29, 1.82) is 0 Å². The molecular formula is C11H22Si. The molecule has 0 bridgehead atoms. The first-order valence-corrected chi connectivity index (χ1v) is 8.67. The first kappa shape index (κ1) is 10.0. The van der Waals surface area contributed by atoms with Crippen LogP contribution in [0.1, 0.15) is 26.7 Å². The van der Waals surface area contributed by atoms with Gasteiger partial charge in [0.05, 0.1) is 8.07 Å². The molecule has 0 amide bonds. The summed E-state index contributed by atoms with van der Waals surface area (Å²) < 4.78 is 0. The van der Waals surface area contributed by atoms with Crippen LogP contribution >= 0.6 is 0 Å². The van der Waals surface area contributed by atoms with Crippen LogP contribution in [0, 0.1) is 11.8 Å². The van der Waals surface area contributed by atoms with E-state index in [1.807, 2.05) is 0 Å². The van der Waals surface area contributed by atoms with Gasteiger partial charge in [-0.25, -0.2) is 0 Å². The van der Waals surface area contributed by atoms with Crippen LogP contribution in [0.3, 0.4) is 0 Å². The fourth-order valence-electron chi connectivity index (χ4n) is 2.04. The van der Waals surface area contributed by atoms with E-state index in [1.165, 1.54) is 12.8 Å². The minimum atomic E-state index is -0.943. The van der Waals surface area contributed by atoms with Gasteiger partial charge in [0.15, 0.2) is 0 Å². The molecule has 0 saturated heterocycles. The molecule has 1 heteroatoms. The van der Waals surface area contributed by atoms with Gasteiger partial charge >= 0.3 is 0 Å². The lowest BCUT2D eigenvalue weighted by atomic mass is 10.0. The molecule has 1 saturated carbocycles. The molecule has 70 valence electrons. The smallest absolute Gasteiger partial charge is 0.0686 e. The standard InChI is InChI=1S/C11H22Si/c1-9-6-11(7-10(9)2)8-12(3,4)5/h8-10H,6-7H2,1-5H3. The number of hydrogen-bond acceptors (Lipinski definition) is 0. The fourth-order valence-corrected chi connectivity index (χ4v) is 3.50. The van der Waals surface area contributed by atoms with Gasteiger partial charge in [0.2, 0.25) is 0 Å². The summed E-state index contributed by atoms with van der Waals surface area (Å²) in [5.74, 6) is 1.85. The third-order valence-corrected chi connectivity index (χ3v) is 4.05.